The summed E-state index contributed by atoms with van der Waals surface area (Å²) in [5.74, 6) is 2.54. The van der Waals surface area contributed by atoms with E-state index in [1.54, 1.807) is 24.3 Å². The molecule has 1 aliphatic heterocycles. The average Bonchev–Trinajstić information content (AvgIpc) is 3.17. The number of likely N-dealkylation sites (tertiary alicyclic amines) is 1. The summed E-state index contributed by atoms with van der Waals surface area (Å²) >= 11 is 0. The van der Waals surface area contributed by atoms with Gasteiger partial charge in [0, 0.05) is 12.6 Å². The number of rotatable bonds is 4. The van der Waals surface area contributed by atoms with Gasteiger partial charge in [-0.15, -0.1) is 0 Å². The second kappa shape index (κ2) is 7.75. The molecule has 1 saturated carbocycles. The van der Waals surface area contributed by atoms with Crippen LogP contribution in [0, 0.1) is 17.7 Å². The molecule has 1 aliphatic carbocycles. The van der Waals surface area contributed by atoms with Gasteiger partial charge in [-0.1, -0.05) is 19.8 Å². The predicted molar refractivity (Wildman–Crippen MR) is 100 cm³/mol. The molecule has 2 heterocycles. The molecule has 5 heteroatoms. The molecular weight excluding hydrogens is 345 g/mol. The van der Waals surface area contributed by atoms with Crippen LogP contribution < -0.4 is 4.74 Å². The Morgan fingerprint density at radius 2 is 1.93 bits per heavy atom. The van der Waals surface area contributed by atoms with Gasteiger partial charge in [-0.2, -0.15) is 0 Å². The molecule has 1 aromatic heterocycles. The summed E-state index contributed by atoms with van der Waals surface area (Å²) in [7, 11) is 0. The number of fused-ring (bicyclic) bond motifs is 1. The summed E-state index contributed by atoms with van der Waals surface area (Å²) in [5.41, 5.74) is 0. The normalized spacial score (nSPS) is 25.1. The largest absolute Gasteiger partial charge is 0.486 e. The Balaban J connectivity index is 1.41. The Hall–Kier alpha value is -2.30. The lowest BCUT2D eigenvalue weighted by Gasteiger charge is -2.47. The Bertz CT molecular complexity index is 785. The molecule has 0 N–H and O–H groups in total. The van der Waals surface area contributed by atoms with Gasteiger partial charge in [0.1, 0.15) is 23.9 Å². The minimum absolute atomic E-state index is 0.00756. The van der Waals surface area contributed by atoms with Crippen molar-refractivity contribution in [3.8, 4) is 5.75 Å². The first kappa shape index (κ1) is 18.1. The van der Waals surface area contributed by atoms with Gasteiger partial charge in [0.25, 0.3) is 5.91 Å². The summed E-state index contributed by atoms with van der Waals surface area (Å²) in [5, 5.41) is 0. The minimum Gasteiger partial charge on any atom is -0.486 e. The minimum atomic E-state index is -0.301. The summed E-state index contributed by atoms with van der Waals surface area (Å²) in [6.45, 7) is 3.34. The predicted octanol–water partition coefficient (Wildman–Crippen LogP) is 5.04. The number of furan rings is 1. The smallest absolute Gasteiger partial charge is 0.289 e. The number of carbonyl (C=O) groups is 1. The highest BCUT2D eigenvalue weighted by Crippen LogP contribution is 2.39. The van der Waals surface area contributed by atoms with Crippen molar-refractivity contribution >= 4 is 5.91 Å². The van der Waals surface area contributed by atoms with Crippen molar-refractivity contribution in [2.75, 3.05) is 6.54 Å². The van der Waals surface area contributed by atoms with Crippen molar-refractivity contribution in [1.82, 2.24) is 4.90 Å². The number of halogens is 1. The van der Waals surface area contributed by atoms with Crippen molar-refractivity contribution in [2.45, 2.75) is 51.7 Å². The van der Waals surface area contributed by atoms with Crippen molar-refractivity contribution in [1.29, 1.82) is 0 Å². The van der Waals surface area contributed by atoms with Crippen LogP contribution in [0.5, 0.6) is 5.75 Å². The molecule has 4 nitrogen and oxygen atoms in total. The van der Waals surface area contributed by atoms with Crippen LogP contribution in [-0.4, -0.2) is 23.4 Å². The number of hydrogen-bond acceptors (Lipinski definition) is 3. The molecular formula is C22H26FNO3. The number of amides is 1. The fourth-order valence-corrected chi connectivity index (χ4v) is 4.56. The standard InChI is InChI=1S/C22H26FNO3/c1-15-12-13-24(20-5-3-2-4-19(15)20)22(25)21-11-10-18(27-21)14-26-17-8-6-16(23)7-9-17/h6-11,15,19-20H,2-5,12-14H2,1H3. The van der Waals surface area contributed by atoms with E-state index in [2.05, 4.69) is 6.92 Å². The van der Waals surface area contributed by atoms with E-state index in [4.69, 9.17) is 9.15 Å². The number of ether oxygens (including phenoxy) is 1. The van der Waals surface area contributed by atoms with Crippen LogP contribution in [0.4, 0.5) is 4.39 Å². The van der Waals surface area contributed by atoms with E-state index in [0.29, 0.717) is 35.1 Å². The SMILES string of the molecule is CC1CCN(C(=O)c2ccc(COc3ccc(F)cc3)o2)C2CCCCC12. The maximum absolute atomic E-state index is 13.0. The molecule has 0 bridgehead atoms. The Labute approximate surface area is 159 Å². The molecule has 4 rings (SSSR count). The first-order chi connectivity index (χ1) is 13.1. The lowest BCUT2D eigenvalue weighted by atomic mass is 9.72. The molecule has 2 fully saturated rings. The van der Waals surface area contributed by atoms with Gasteiger partial charge in [0.2, 0.25) is 0 Å². The highest BCUT2D eigenvalue weighted by atomic mass is 19.1. The fraction of sp³-hybridized carbons (Fsp3) is 0.500. The van der Waals surface area contributed by atoms with Gasteiger partial charge >= 0.3 is 0 Å². The molecule has 0 spiro atoms. The maximum Gasteiger partial charge on any atom is 0.289 e. The lowest BCUT2D eigenvalue weighted by molar-refractivity contribution is 0.0192. The number of nitrogens with zero attached hydrogens (tertiary/aromatic N) is 1. The molecule has 1 aromatic carbocycles. The summed E-state index contributed by atoms with van der Waals surface area (Å²) in [4.78, 5) is 15.1. The third-order valence-corrected chi connectivity index (χ3v) is 6.07. The Kier molecular flexibility index (Phi) is 5.19. The highest BCUT2D eigenvalue weighted by molar-refractivity contribution is 5.91. The number of hydrogen-bond donors (Lipinski definition) is 0. The van der Waals surface area contributed by atoms with Crippen molar-refractivity contribution < 1.29 is 18.3 Å². The quantitative estimate of drug-likeness (QED) is 0.756. The van der Waals surface area contributed by atoms with Crippen LogP contribution in [0.25, 0.3) is 0 Å². The molecule has 144 valence electrons. The third kappa shape index (κ3) is 3.87. The summed E-state index contributed by atoms with van der Waals surface area (Å²) < 4.78 is 24.3. The van der Waals surface area contributed by atoms with E-state index in [1.165, 1.54) is 31.4 Å². The molecule has 3 unspecified atom stereocenters. The second-order valence-electron chi connectivity index (χ2n) is 7.79. The van der Waals surface area contributed by atoms with Gasteiger partial charge in [-0.05, 0) is 67.5 Å². The molecule has 1 amide bonds. The van der Waals surface area contributed by atoms with Crippen LogP contribution >= 0.6 is 0 Å². The average molecular weight is 371 g/mol. The van der Waals surface area contributed by atoms with Crippen LogP contribution in [0.1, 0.15) is 55.3 Å². The van der Waals surface area contributed by atoms with Gasteiger partial charge in [0.05, 0.1) is 0 Å². The first-order valence-corrected chi connectivity index (χ1v) is 9.90. The molecule has 0 radical (unpaired) electrons. The Morgan fingerprint density at radius 1 is 1.15 bits per heavy atom. The van der Waals surface area contributed by atoms with E-state index in [-0.39, 0.29) is 18.3 Å². The van der Waals surface area contributed by atoms with Crippen LogP contribution in [0.3, 0.4) is 0 Å². The third-order valence-electron chi connectivity index (χ3n) is 6.07. The second-order valence-corrected chi connectivity index (χ2v) is 7.79. The number of benzene rings is 1. The van der Waals surface area contributed by atoms with E-state index >= 15 is 0 Å². The molecule has 27 heavy (non-hydrogen) atoms. The lowest BCUT2D eigenvalue weighted by Crippen LogP contribution is -2.52. The van der Waals surface area contributed by atoms with Crippen molar-refractivity contribution in [3.63, 3.8) is 0 Å². The van der Waals surface area contributed by atoms with Crippen LogP contribution in [0.15, 0.2) is 40.8 Å². The molecule has 1 saturated heterocycles. The topological polar surface area (TPSA) is 42.7 Å². The van der Waals surface area contributed by atoms with Gasteiger partial charge in [-0.3, -0.25) is 4.79 Å². The zero-order valence-corrected chi connectivity index (χ0v) is 15.7. The van der Waals surface area contributed by atoms with Crippen molar-refractivity contribution in [2.24, 2.45) is 11.8 Å². The summed E-state index contributed by atoms with van der Waals surface area (Å²) in [6, 6.07) is 9.71. The molecule has 2 aromatic rings. The van der Waals surface area contributed by atoms with Gasteiger partial charge in [0.15, 0.2) is 5.76 Å². The van der Waals surface area contributed by atoms with Gasteiger partial charge in [-0.25, -0.2) is 4.39 Å². The van der Waals surface area contributed by atoms with Crippen LogP contribution in [0.2, 0.25) is 0 Å². The van der Waals surface area contributed by atoms with E-state index in [0.717, 1.165) is 19.4 Å². The zero-order chi connectivity index (χ0) is 18.8. The van der Waals surface area contributed by atoms with E-state index in [1.807, 2.05) is 4.90 Å². The van der Waals surface area contributed by atoms with Crippen LogP contribution in [-0.2, 0) is 6.61 Å². The first-order valence-electron chi connectivity index (χ1n) is 9.90. The van der Waals surface area contributed by atoms with Gasteiger partial charge < -0.3 is 14.1 Å². The number of piperidine rings is 1. The summed E-state index contributed by atoms with van der Waals surface area (Å²) in [6.07, 6.45) is 5.87. The Morgan fingerprint density at radius 3 is 2.74 bits per heavy atom. The van der Waals surface area contributed by atoms with Crippen molar-refractivity contribution in [3.05, 3.63) is 53.7 Å². The zero-order valence-electron chi connectivity index (χ0n) is 15.7. The maximum atomic E-state index is 13.0. The van der Waals surface area contributed by atoms with E-state index in [9.17, 15) is 9.18 Å². The molecule has 3 atom stereocenters. The molecule has 2 aliphatic rings. The fourth-order valence-electron chi connectivity index (χ4n) is 4.56. The number of carbonyl (C=O) groups excluding carboxylic acids is 1. The highest BCUT2D eigenvalue weighted by Gasteiger charge is 2.40. The van der Waals surface area contributed by atoms with E-state index < -0.39 is 0 Å². The monoisotopic (exact) mass is 371 g/mol.